The zero-order valence-electron chi connectivity index (χ0n) is 12.0. The van der Waals surface area contributed by atoms with Gasteiger partial charge in [-0.2, -0.15) is 11.8 Å². The van der Waals surface area contributed by atoms with Gasteiger partial charge in [0.1, 0.15) is 0 Å². The largest absolute Gasteiger partial charge is 0.481 e. The third-order valence-corrected chi connectivity index (χ3v) is 5.81. The molecule has 0 unspecified atom stereocenters. The van der Waals surface area contributed by atoms with Crippen LogP contribution >= 0.6 is 24.0 Å². The van der Waals surface area contributed by atoms with Crippen molar-refractivity contribution in [1.82, 2.24) is 9.88 Å². The van der Waals surface area contributed by atoms with E-state index in [0.29, 0.717) is 10.9 Å². The average molecular weight is 311 g/mol. The van der Waals surface area contributed by atoms with Gasteiger partial charge in [0.2, 0.25) is 5.88 Å². The summed E-state index contributed by atoms with van der Waals surface area (Å²) in [6.45, 7) is 2.84. The maximum atomic E-state index is 5.91. The lowest BCUT2D eigenvalue weighted by atomic mass is 9.95. The summed E-state index contributed by atoms with van der Waals surface area (Å²) < 4.78 is 5.14. The lowest BCUT2D eigenvalue weighted by Gasteiger charge is -2.39. The van der Waals surface area contributed by atoms with Gasteiger partial charge in [0.25, 0.3) is 0 Å². The average Bonchev–Trinajstić information content (AvgIpc) is 2.48. The van der Waals surface area contributed by atoms with E-state index < -0.39 is 0 Å². The van der Waals surface area contributed by atoms with Crippen LogP contribution in [0.3, 0.4) is 0 Å². The quantitative estimate of drug-likeness (QED) is 0.840. The zero-order chi connectivity index (χ0) is 14.6. The van der Waals surface area contributed by atoms with E-state index >= 15 is 0 Å². The summed E-state index contributed by atoms with van der Waals surface area (Å²) >= 11 is 7.02. The van der Waals surface area contributed by atoms with Crippen LogP contribution in [-0.2, 0) is 6.54 Å². The first-order chi connectivity index (χ1) is 9.59. The van der Waals surface area contributed by atoms with Gasteiger partial charge in [-0.25, -0.2) is 4.98 Å². The summed E-state index contributed by atoms with van der Waals surface area (Å²) in [6, 6.07) is 5.88. The molecule has 1 aromatic rings. The number of methoxy groups -OCH3 is 1. The van der Waals surface area contributed by atoms with E-state index in [1.165, 1.54) is 0 Å². The maximum absolute atomic E-state index is 5.91. The van der Waals surface area contributed by atoms with E-state index in [0.717, 1.165) is 38.2 Å². The van der Waals surface area contributed by atoms with Gasteiger partial charge < -0.3 is 10.5 Å². The van der Waals surface area contributed by atoms with E-state index in [9.17, 15) is 0 Å². The van der Waals surface area contributed by atoms with Crippen LogP contribution in [0.1, 0.15) is 18.5 Å². The number of nitrogens with two attached hydrogens (primary N) is 1. The minimum Gasteiger partial charge on any atom is -0.481 e. The van der Waals surface area contributed by atoms with Gasteiger partial charge in [-0.05, 0) is 25.2 Å². The van der Waals surface area contributed by atoms with Gasteiger partial charge in [-0.3, -0.25) is 4.90 Å². The predicted octanol–water partition coefficient (Wildman–Crippen LogP) is 2.07. The highest BCUT2D eigenvalue weighted by atomic mass is 32.2. The van der Waals surface area contributed by atoms with Crippen LogP contribution in [0.4, 0.5) is 0 Å². The van der Waals surface area contributed by atoms with E-state index in [-0.39, 0.29) is 4.75 Å². The van der Waals surface area contributed by atoms with Crippen molar-refractivity contribution >= 4 is 29.0 Å². The molecule has 0 aromatic carbocycles. The van der Waals surface area contributed by atoms with Crippen molar-refractivity contribution in [2.45, 2.75) is 24.1 Å². The second-order valence-corrected chi connectivity index (χ2v) is 6.64. The number of nitrogens with zero attached hydrogens (tertiary/aromatic N) is 2. The van der Waals surface area contributed by atoms with Gasteiger partial charge in [-0.15, -0.1) is 0 Å². The van der Waals surface area contributed by atoms with Gasteiger partial charge >= 0.3 is 0 Å². The van der Waals surface area contributed by atoms with Gasteiger partial charge in [-0.1, -0.05) is 18.3 Å². The van der Waals surface area contributed by atoms with Crippen LogP contribution in [0, 0.1) is 0 Å². The summed E-state index contributed by atoms with van der Waals surface area (Å²) in [5, 5.41) is 0. The molecular formula is C14H21N3OS2. The SMILES string of the molecule is COc1cccc(CN2CCC(SC)(C(N)=S)CC2)n1. The molecule has 6 heteroatoms. The number of ether oxygens (including phenoxy) is 1. The Bertz CT molecular complexity index is 473. The fourth-order valence-electron chi connectivity index (χ4n) is 2.51. The summed E-state index contributed by atoms with van der Waals surface area (Å²) in [5.74, 6) is 0.668. The molecule has 1 fully saturated rings. The third kappa shape index (κ3) is 3.42. The Labute approximate surface area is 130 Å². The van der Waals surface area contributed by atoms with Crippen molar-refractivity contribution in [1.29, 1.82) is 0 Å². The standard InChI is InChI=1S/C14H21N3OS2/c1-18-12-5-3-4-11(16-12)10-17-8-6-14(20-2,7-9-17)13(15)19/h3-5H,6-10H2,1-2H3,(H2,15,19). The molecule has 0 amide bonds. The number of pyridine rings is 1. The molecule has 0 atom stereocenters. The summed E-state index contributed by atoms with van der Waals surface area (Å²) in [5.41, 5.74) is 6.95. The van der Waals surface area contributed by atoms with Crippen molar-refractivity contribution in [2.75, 3.05) is 26.5 Å². The Morgan fingerprint density at radius 2 is 2.20 bits per heavy atom. The Morgan fingerprint density at radius 1 is 1.50 bits per heavy atom. The molecule has 0 bridgehead atoms. The topological polar surface area (TPSA) is 51.4 Å². The number of thioether (sulfide) groups is 1. The van der Waals surface area contributed by atoms with Crippen LogP contribution in [0.25, 0.3) is 0 Å². The fraction of sp³-hybridized carbons (Fsp3) is 0.571. The number of aromatic nitrogens is 1. The second kappa shape index (κ2) is 6.74. The van der Waals surface area contributed by atoms with Crippen LogP contribution in [-0.4, -0.2) is 46.1 Å². The van der Waals surface area contributed by atoms with Crippen molar-refractivity contribution in [3.8, 4) is 5.88 Å². The molecular weight excluding hydrogens is 290 g/mol. The van der Waals surface area contributed by atoms with Crippen molar-refractivity contribution in [2.24, 2.45) is 5.73 Å². The lowest BCUT2D eigenvalue weighted by molar-refractivity contribution is 0.210. The number of hydrogen-bond acceptors (Lipinski definition) is 5. The Kier molecular flexibility index (Phi) is 5.23. The van der Waals surface area contributed by atoms with Crippen LogP contribution in [0.2, 0.25) is 0 Å². The fourth-order valence-corrected chi connectivity index (χ4v) is 3.76. The molecule has 0 saturated carbocycles. The normalized spacial score (nSPS) is 18.7. The lowest BCUT2D eigenvalue weighted by Crippen LogP contribution is -2.49. The minimum absolute atomic E-state index is 0.0202. The second-order valence-electron chi connectivity index (χ2n) is 5.01. The Balaban J connectivity index is 1.95. The first-order valence-corrected chi connectivity index (χ1v) is 8.30. The maximum Gasteiger partial charge on any atom is 0.213 e. The minimum atomic E-state index is -0.0202. The first-order valence-electron chi connectivity index (χ1n) is 6.67. The van der Waals surface area contributed by atoms with Gasteiger partial charge in [0.15, 0.2) is 0 Å². The molecule has 1 aliphatic heterocycles. The van der Waals surface area contributed by atoms with E-state index in [1.807, 2.05) is 18.2 Å². The molecule has 2 rings (SSSR count). The first kappa shape index (κ1) is 15.5. The van der Waals surface area contributed by atoms with E-state index in [2.05, 4.69) is 16.1 Å². The third-order valence-electron chi connectivity index (χ3n) is 3.88. The highest BCUT2D eigenvalue weighted by Gasteiger charge is 2.36. The molecule has 110 valence electrons. The number of thiocarbonyl (C=S) groups is 1. The molecule has 1 aliphatic rings. The number of hydrogen-bond donors (Lipinski definition) is 1. The molecule has 1 aromatic heterocycles. The molecule has 2 heterocycles. The zero-order valence-corrected chi connectivity index (χ0v) is 13.6. The van der Waals surface area contributed by atoms with Crippen molar-refractivity contribution in [3.05, 3.63) is 23.9 Å². The molecule has 0 aliphatic carbocycles. The van der Waals surface area contributed by atoms with Crippen LogP contribution < -0.4 is 10.5 Å². The molecule has 0 radical (unpaired) electrons. The van der Waals surface area contributed by atoms with Crippen LogP contribution in [0.15, 0.2) is 18.2 Å². The smallest absolute Gasteiger partial charge is 0.213 e. The highest BCUT2D eigenvalue weighted by Crippen LogP contribution is 2.35. The Morgan fingerprint density at radius 3 is 2.75 bits per heavy atom. The van der Waals surface area contributed by atoms with E-state index in [1.54, 1.807) is 18.9 Å². The molecule has 1 saturated heterocycles. The highest BCUT2D eigenvalue weighted by molar-refractivity contribution is 8.02. The van der Waals surface area contributed by atoms with Crippen molar-refractivity contribution < 1.29 is 4.74 Å². The molecule has 0 spiro atoms. The predicted molar refractivity (Wildman–Crippen MR) is 88.3 cm³/mol. The van der Waals surface area contributed by atoms with Gasteiger partial charge in [0.05, 0.1) is 22.5 Å². The van der Waals surface area contributed by atoms with Crippen molar-refractivity contribution in [3.63, 3.8) is 0 Å². The van der Waals surface area contributed by atoms with E-state index in [4.69, 9.17) is 22.7 Å². The number of piperidine rings is 1. The number of rotatable bonds is 5. The Hall–Kier alpha value is -0.850. The molecule has 20 heavy (non-hydrogen) atoms. The molecule has 2 N–H and O–H groups in total. The number of likely N-dealkylation sites (tertiary alicyclic amines) is 1. The molecule has 4 nitrogen and oxygen atoms in total. The van der Waals surface area contributed by atoms with Gasteiger partial charge in [0, 0.05) is 25.7 Å². The summed E-state index contributed by atoms with van der Waals surface area (Å²) in [7, 11) is 1.64. The van der Waals surface area contributed by atoms with Crippen LogP contribution in [0.5, 0.6) is 5.88 Å². The monoisotopic (exact) mass is 311 g/mol. The summed E-state index contributed by atoms with van der Waals surface area (Å²) in [6.07, 6.45) is 4.11. The summed E-state index contributed by atoms with van der Waals surface area (Å²) in [4.78, 5) is 7.50.